The normalized spacial score (nSPS) is 18.2. The maximum absolute atomic E-state index is 12.2. The SMILES string of the molecule is CN(C(=O)OC(C)(C)C)C1CCN(CCNS(=O)(=O)C(F)(F)F)CC1. The summed E-state index contributed by atoms with van der Waals surface area (Å²) in [5.74, 6) is 0. The standard InChI is InChI=1S/C14H26F3N3O4S/c1-13(2,3)24-12(21)19(4)11-5-8-20(9-6-11)10-7-18-25(22,23)14(15,16)17/h11,18H,5-10H2,1-4H3. The van der Waals surface area contributed by atoms with Crippen molar-refractivity contribution >= 4 is 16.1 Å². The largest absolute Gasteiger partial charge is 0.511 e. The van der Waals surface area contributed by atoms with E-state index in [0.717, 1.165) is 0 Å². The highest BCUT2D eigenvalue weighted by Gasteiger charge is 2.45. The zero-order chi connectivity index (χ0) is 19.5. The van der Waals surface area contributed by atoms with Crippen LogP contribution in [0.4, 0.5) is 18.0 Å². The number of ether oxygens (including phenoxy) is 1. The Bertz CT molecular complexity index is 553. The van der Waals surface area contributed by atoms with Gasteiger partial charge in [0, 0.05) is 39.3 Å². The van der Waals surface area contributed by atoms with Crippen LogP contribution in [0.5, 0.6) is 0 Å². The number of carbonyl (C=O) groups is 1. The third kappa shape index (κ3) is 6.98. The molecule has 11 heteroatoms. The smallest absolute Gasteiger partial charge is 0.444 e. The van der Waals surface area contributed by atoms with Crippen LogP contribution in [0.1, 0.15) is 33.6 Å². The lowest BCUT2D eigenvalue weighted by molar-refractivity contribution is -0.0448. The fraction of sp³-hybridized carbons (Fsp3) is 0.929. The summed E-state index contributed by atoms with van der Waals surface area (Å²) in [5.41, 5.74) is -5.88. The molecule has 0 saturated carbocycles. The molecule has 1 fully saturated rings. The molecule has 0 atom stereocenters. The minimum absolute atomic E-state index is 0.0158. The van der Waals surface area contributed by atoms with Crippen LogP contribution in [-0.2, 0) is 14.8 Å². The molecule has 7 nitrogen and oxygen atoms in total. The van der Waals surface area contributed by atoms with E-state index in [9.17, 15) is 26.4 Å². The molecule has 0 aromatic heterocycles. The summed E-state index contributed by atoms with van der Waals surface area (Å²) in [6.07, 6.45) is 0.868. The first-order valence-electron chi connectivity index (χ1n) is 7.97. The predicted octanol–water partition coefficient (Wildman–Crippen LogP) is 1.76. The van der Waals surface area contributed by atoms with Crippen LogP contribution in [0.25, 0.3) is 0 Å². The Morgan fingerprint density at radius 1 is 1.24 bits per heavy atom. The van der Waals surface area contributed by atoms with Crippen molar-refractivity contribution in [2.45, 2.75) is 50.8 Å². The summed E-state index contributed by atoms with van der Waals surface area (Å²) in [7, 11) is -3.64. The lowest BCUT2D eigenvalue weighted by Crippen LogP contribution is -2.48. The summed E-state index contributed by atoms with van der Waals surface area (Å²) >= 11 is 0. The fourth-order valence-corrected chi connectivity index (χ4v) is 2.96. The summed E-state index contributed by atoms with van der Waals surface area (Å²) in [6.45, 7) is 6.33. The number of sulfonamides is 1. The van der Waals surface area contributed by atoms with Crippen LogP contribution >= 0.6 is 0 Å². The van der Waals surface area contributed by atoms with Crippen molar-refractivity contribution in [2.75, 3.05) is 33.2 Å². The molecule has 0 aliphatic carbocycles. The van der Waals surface area contributed by atoms with E-state index in [1.807, 2.05) is 4.90 Å². The molecule has 0 aromatic rings. The van der Waals surface area contributed by atoms with E-state index < -0.39 is 27.2 Å². The number of hydrogen-bond donors (Lipinski definition) is 1. The van der Waals surface area contributed by atoms with Gasteiger partial charge in [-0.25, -0.2) is 17.9 Å². The number of likely N-dealkylation sites (tertiary alicyclic amines) is 1. The van der Waals surface area contributed by atoms with E-state index in [-0.39, 0.29) is 19.1 Å². The molecular weight excluding hydrogens is 363 g/mol. The van der Waals surface area contributed by atoms with Gasteiger partial charge >= 0.3 is 21.6 Å². The zero-order valence-electron chi connectivity index (χ0n) is 14.9. The maximum Gasteiger partial charge on any atom is 0.511 e. The predicted molar refractivity (Wildman–Crippen MR) is 86.4 cm³/mol. The molecule has 0 spiro atoms. The average Bonchev–Trinajstić information content (AvgIpc) is 2.44. The van der Waals surface area contributed by atoms with Gasteiger partial charge in [0.25, 0.3) is 0 Å². The first kappa shape index (κ1) is 22.0. The van der Waals surface area contributed by atoms with Crippen LogP contribution in [0.15, 0.2) is 0 Å². The minimum Gasteiger partial charge on any atom is -0.444 e. The number of carbonyl (C=O) groups excluding carboxylic acids is 1. The molecule has 1 N–H and O–H groups in total. The lowest BCUT2D eigenvalue weighted by Gasteiger charge is -2.37. The monoisotopic (exact) mass is 389 g/mol. The molecule has 1 heterocycles. The third-order valence-electron chi connectivity index (χ3n) is 3.81. The number of piperidine rings is 1. The van der Waals surface area contributed by atoms with Crippen LogP contribution < -0.4 is 4.72 Å². The molecule has 0 bridgehead atoms. The second-order valence-electron chi connectivity index (χ2n) is 7.01. The Labute approximate surface area is 146 Å². The third-order valence-corrected chi connectivity index (χ3v) is 5.00. The molecule has 1 aliphatic heterocycles. The molecule has 0 radical (unpaired) electrons. The van der Waals surface area contributed by atoms with Crippen molar-refractivity contribution in [1.82, 2.24) is 14.5 Å². The van der Waals surface area contributed by atoms with Crippen LogP contribution in [0.3, 0.4) is 0 Å². The Balaban J connectivity index is 2.38. The highest BCUT2D eigenvalue weighted by molar-refractivity contribution is 7.90. The summed E-state index contributed by atoms with van der Waals surface area (Å²) in [5, 5.41) is 0. The number of halogens is 3. The number of amides is 1. The van der Waals surface area contributed by atoms with Crippen molar-refractivity contribution in [1.29, 1.82) is 0 Å². The van der Waals surface area contributed by atoms with E-state index in [1.165, 1.54) is 4.90 Å². The second kappa shape index (κ2) is 8.09. The molecule has 1 saturated heterocycles. The van der Waals surface area contributed by atoms with Gasteiger partial charge in [0.05, 0.1) is 0 Å². The highest BCUT2D eigenvalue weighted by atomic mass is 32.2. The molecular formula is C14H26F3N3O4S. The van der Waals surface area contributed by atoms with Crippen molar-refractivity contribution in [3.63, 3.8) is 0 Å². The van der Waals surface area contributed by atoms with Gasteiger partial charge < -0.3 is 14.5 Å². The number of alkyl halides is 3. The molecule has 1 rings (SSSR count). The summed E-state index contributed by atoms with van der Waals surface area (Å²) in [4.78, 5) is 15.4. The fourth-order valence-electron chi connectivity index (χ4n) is 2.43. The van der Waals surface area contributed by atoms with Crippen LogP contribution in [0.2, 0.25) is 0 Å². The number of nitrogens with one attached hydrogen (secondary N) is 1. The summed E-state index contributed by atoms with van der Waals surface area (Å²) in [6, 6.07) is -0.0158. The van der Waals surface area contributed by atoms with Crippen molar-refractivity contribution in [3.8, 4) is 0 Å². The quantitative estimate of drug-likeness (QED) is 0.775. The Hall–Kier alpha value is -1.07. The van der Waals surface area contributed by atoms with E-state index in [2.05, 4.69) is 0 Å². The lowest BCUT2D eigenvalue weighted by atomic mass is 10.0. The number of nitrogens with zero attached hydrogens (tertiary/aromatic N) is 2. The Morgan fingerprint density at radius 2 is 1.76 bits per heavy atom. The van der Waals surface area contributed by atoms with Crippen LogP contribution in [-0.4, -0.2) is 74.7 Å². The van der Waals surface area contributed by atoms with Gasteiger partial charge in [-0.3, -0.25) is 0 Å². The van der Waals surface area contributed by atoms with Gasteiger partial charge in [-0.15, -0.1) is 0 Å². The zero-order valence-corrected chi connectivity index (χ0v) is 15.7. The van der Waals surface area contributed by atoms with Gasteiger partial charge in [0.15, 0.2) is 0 Å². The van der Waals surface area contributed by atoms with E-state index in [1.54, 1.807) is 32.5 Å². The molecule has 0 aromatic carbocycles. The maximum atomic E-state index is 12.2. The van der Waals surface area contributed by atoms with E-state index in [0.29, 0.717) is 25.9 Å². The molecule has 1 aliphatic rings. The topological polar surface area (TPSA) is 79.0 Å². The molecule has 1 amide bonds. The van der Waals surface area contributed by atoms with Crippen molar-refractivity contribution in [2.24, 2.45) is 0 Å². The highest BCUT2D eigenvalue weighted by Crippen LogP contribution is 2.21. The van der Waals surface area contributed by atoms with E-state index in [4.69, 9.17) is 4.74 Å². The van der Waals surface area contributed by atoms with Crippen molar-refractivity contribution < 1.29 is 31.1 Å². The van der Waals surface area contributed by atoms with Gasteiger partial charge in [0.1, 0.15) is 5.60 Å². The Kier molecular flexibility index (Phi) is 7.11. The van der Waals surface area contributed by atoms with Gasteiger partial charge in [-0.05, 0) is 33.6 Å². The first-order valence-corrected chi connectivity index (χ1v) is 9.45. The summed E-state index contributed by atoms with van der Waals surface area (Å²) < 4.78 is 65.3. The van der Waals surface area contributed by atoms with E-state index >= 15 is 0 Å². The molecule has 25 heavy (non-hydrogen) atoms. The van der Waals surface area contributed by atoms with Gasteiger partial charge in [-0.1, -0.05) is 0 Å². The Morgan fingerprint density at radius 3 is 2.20 bits per heavy atom. The van der Waals surface area contributed by atoms with Gasteiger partial charge in [0.2, 0.25) is 0 Å². The average molecular weight is 389 g/mol. The molecule has 148 valence electrons. The van der Waals surface area contributed by atoms with Crippen molar-refractivity contribution in [3.05, 3.63) is 0 Å². The minimum atomic E-state index is -5.30. The second-order valence-corrected chi connectivity index (χ2v) is 8.77. The number of hydrogen-bond acceptors (Lipinski definition) is 5. The first-order chi connectivity index (χ1) is 11.2. The van der Waals surface area contributed by atoms with Crippen LogP contribution in [0, 0.1) is 0 Å². The van der Waals surface area contributed by atoms with Gasteiger partial charge in [-0.2, -0.15) is 13.2 Å². The molecule has 0 unspecified atom stereocenters. The number of rotatable bonds is 5.